The van der Waals surface area contributed by atoms with Crippen molar-refractivity contribution in [2.75, 3.05) is 13.1 Å². The van der Waals surface area contributed by atoms with Crippen LogP contribution < -0.4 is 5.73 Å². The van der Waals surface area contributed by atoms with Gasteiger partial charge in [0.25, 0.3) is 0 Å². The second-order valence-corrected chi connectivity index (χ2v) is 7.45. The first-order valence-corrected chi connectivity index (χ1v) is 8.87. The highest BCUT2D eigenvalue weighted by Crippen LogP contribution is 2.54. The largest absolute Gasteiger partial charge is 0.326 e. The molecule has 1 heterocycles. The maximum absolute atomic E-state index is 6.89. The summed E-state index contributed by atoms with van der Waals surface area (Å²) >= 11 is 0. The molecule has 3 unspecified atom stereocenters. The first-order chi connectivity index (χ1) is 10.3. The monoisotopic (exact) mass is 284 g/mol. The maximum atomic E-state index is 6.89. The lowest BCUT2D eigenvalue weighted by Crippen LogP contribution is -2.58. The third-order valence-electron chi connectivity index (χ3n) is 6.35. The fourth-order valence-corrected chi connectivity index (χ4v) is 5.10. The highest BCUT2D eigenvalue weighted by Gasteiger charge is 2.54. The van der Waals surface area contributed by atoms with Gasteiger partial charge in [0.1, 0.15) is 0 Å². The van der Waals surface area contributed by atoms with Crippen molar-refractivity contribution in [3.8, 4) is 0 Å². The van der Waals surface area contributed by atoms with E-state index in [1.165, 1.54) is 63.6 Å². The van der Waals surface area contributed by atoms with E-state index in [0.717, 1.165) is 5.92 Å². The van der Waals surface area contributed by atoms with Crippen molar-refractivity contribution >= 4 is 0 Å². The normalized spacial score (nSPS) is 33.2. The van der Waals surface area contributed by atoms with Crippen LogP contribution in [0, 0.1) is 5.92 Å². The molecule has 1 aliphatic heterocycles. The molecule has 2 nitrogen and oxygen atoms in total. The Labute approximate surface area is 128 Å². The summed E-state index contributed by atoms with van der Waals surface area (Å²) < 4.78 is 0. The third-order valence-corrected chi connectivity index (χ3v) is 6.35. The van der Waals surface area contributed by atoms with E-state index in [-0.39, 0.29) is 0 Å². The van der Waals surface area contributed by atoms with Crippen LogP contribution in [0.2, 0.25) is 0 Å². The van der Waals surface area contributed by atoms with Crippen LogP contribution in [0.25, 0.3) is 0 Å². The average molecular weight is 284 g/mol. The van der Waals surface area contributed by atoms with E-state index in [4.69, 9.17) is 5.73 Å². The molecule has 1 saturated heterocycles. The molecule has 0 amide bonds. The minimum Gasteiger partial charge on any atom is -0.326 e. The Morgan fingerprint density at radius 3 is 2.33 bits per heavy atom. The summed E-state index contributed by atoms with van der Waals surface area (Å²) in [6.45, 7) is 2.58. The minimum atomic E-state index is 0.338. The molecule has 0 radical (unpaired) electrons. The van der Waals surface area contributed by atoms with Gasteiger partial charge in [-0.15, -0.1) is 0 Å². The molecule has 4 rings (SSSR count). The molecule has 1 aromatic rings. The summed E-state index contributed by atoms with van der Waals surface area (Å²) in [5, 5.41) is 0. The minimum absolute atomic E-state index is 0.338. The van der Waals surface area contributed by atoms with E-state index in [2.05, 4.69) is 35.2 Å². The summed E-state index contributed by atoms with van der Waals surface area (Å²) in [5.41, 5.74) is 8.73. The molecule has 21 heavy (non-hydrogen) atoms. The van der Waals surface area contributed by atoms with Crippen molar-refractivity contribution in [2.45, 2.75) is 62.4 Å². The van der Waals surface area contributed by atoms with Crippen LogP contribution in [0.5, 0.6) is 0 Å². The number of likely N-dealkylation sites (tertiary alicyclic amines) is 1. The molecular formula is C19H28N2. The number of hydrogen-bond acceptors (Lipinski definition) is 2. The number of benzene rings is 1. The van der Waals surface area contributed by atoms with Crippen molar-refractivity contribution in [3.05, 3.63) is 35.9 Å². The number of nitrogens with two attached hydrogens (primary N) is 1. The third kappa shape index (κ3) is 2.33. The van der Waals surface area contributed by atoms with Crippen molar-refractivity contribution in [1.82, 2.24) is 4.90 Å². The molecule has 3 atom stereocenters. The van der Waals surface area contributed by atoms with Gasteiger partial charge in [-0.3, -0.25) is 4.90 Å². The molecule has 114 valence electrons. The van der Waals surface area contributed by atoms with Gasteiger partial charge in [-0.1, -0.05) is 43.2 Å². The zero-order chi connectivity index (χ0) is 14.3. The fraction of sp³-hybridized carbons (Fsp3) is 0.684. The molecule has 2 aliphatic carbocycles. The SMILES string of the molecule is NC(C1CC1c1ccccc1)C1(N2CCCC2)CCCC1. The Kier molecular flexibility index (Phi) is 3.55. The van der Waals surface area contributed by atoms with Crippen molar-refractivity contribution in [1.29, 1.82) is 0 Å². The predicted octanol–water partition coefficient (Wildman–Crippen LogP) is 3.53. The Morgan fingerprint density at radius 1 is 1.00 bits per heavy atom. The predicted molar refractivity (Wildman–Crippen MR) is 87.3 cm³/mol. The van der Waals surface area contributed by atoms with Crippen LogP contribution >= 0.6 is 0 Å². The van der Waals surface area contributed by atoms with Crippen LogP contribution in [0.3, 0.4) is 0 Å². The van der Waals surface area contributed by atoms with Crippen molar-refractivity contribution in [2.24, 2.45) is 11.7 Å². The smallest absolute Gasteiger partial charge is 0.0363 e. The lowest BCUT2D eigenvalue weighted by atomic mass is 9.83. The van der Waals surface area contributed by atoms with Gasteiger partial charge in [-0.2, -0.15) is 0 Å². The molecule has 2 saturated carbocycles. The van der Waals surface area contributed by atoms with Gasteiger partial charge in [0, 0.05) is 11.6 Å². The molecular weight excluding hydrogens is 256 g/mol. The Hall–Kier alpha value is -0.860. The van der Waals surface area contributed by atoms with E-state index in [1.807, 2.05) is 0 Å². The van der Waals surface area contributed by atoms with E-state index < -0.39 is 0 Å². The Balaban J connectivity index is 1.52. The first-order valence-electron chi connectivity index (χ1n) is 8.87. The second kappa shape index (κ2) is 5.40. The van der Waals surface area contributed by atoms with E-state index >= 15 is 0 Å². The average Bonchev–Trinajstić information content (AvgIpc) is 2.94. The van der Waals surface area contributed by atoms with E-state index in [0.29, 0.717) is 17.5 Å². The standard InChI is InChI=1S/C19H28N2/c20-18(17-14-16(17)15-8-2-1-3-9-15)19(10-4-5-11-19)21-12-6-7-13-21/h1-3,8-9,16-18H,4-7,10-14,20H2. The number of rotatable bonds is 4. The van der Waals surface area contributed by atoms with Crippen molar-refractivity contribution in [3.63, 3.8) is 0 Å². The summed E-state index contributed by atoms with van der Waals surface area (Å²) in [6, 6.07) is 11.4. The van der Waals surface area contributed by atoms with Gasteiger partial charge in [0.2, 0.25) is 0 Å². The van der Waals surface area contributed by atoms with Crippen molar-refractivity contribution < 1.29 is 0 Å². The van der Waals surface area contributed by atoms with E-state index in [1.54, 1.807) is 0 Å². The summed E-state index contributed by atoms with van der Waals surface area (Å²) in [4.78, 5) is 2.77. The van der Waals surface area contributed by atoms with Crippen LogP contribution in [-0.4, -0.2) is 29.6 Å². The fourth-order valence-electron chi connectivity index (χ4n) is 5.10. The number of hydrogen-bond donors (Lipinski definition) is 1. The van der Waals surface area contributed by atoms with Gasteiger partial charge in [-0.05, 0) is 62.6 Å². The van der Waals surface area contributed by atoms with Gasteiger partial charge >= 0.3 is 0 Å². The molecule has 0 spiro atoms. The molecule has 0 bridgehead atoms. The molecule has 3 fully saturated rings. The Bertz CT molecular complexity index is 472. The summed E-state index contributed by atoms with van der Waals surface area (Å²) in [5.74, 6) is 1.44. The van der Waals surface area contributed by atoms with E-state index in [9.17, 15) is 0 Å². The second-order valence-electron chi connectivity index (χ2n) is 7.45. The summed E-state index contributed by atoms with van der Waals surface area (Å²) in [6.07, 6.45) is 9.50. The van der Waals surface area contributed by atoms with Gasteiger partial charge in [0.15, 0.2) is 0 Å². The van der Waals surface area contributed by atoms with Crippen LogP contribution in [0.1, 0.15) is 56.4 Å². The molecule has 2 heteroatoms. The van der Waals surface area contributed by atoms with Gasteiger partial charge in [-0.25, -0.2) is 0 Å². The topological polar surface area (TPSA) is 29.3 Å². The molecule has 3 aliphatic rings. The van der Waals surface area contributed by atoms with Gasteiger partial charge in [0.05, 0.1) is 0 Å². The van der Waals surface area contributed by atoms with Crippen LogP contribution in [0.4, 0.5) is 0 Å². The molecule has 2 N–H and O–H groups in total. The highest BCUT2D eigenvalue weighted by molar-refractivity contribution is 5.28. The zero-order valence-corrected chi connectivity index (χ0v) is 13.0. The highest BCUT2D eigenvalue weighted by atomic mass is 15.2. The lowest BCUT2D eigenvalue weighted by Gasteiger charge is -2.44. The van der Waals surface area contributed by atoms with Crippen LogP contribution in [-0.2, 0) is 0 Å². The molecule has 1 aromatic carbocycles. The lowest BCUT2D eigenvalue weighted by molar-refractivity contribution is 0.0831. The molecule has 0 aromatic heterocycles. The van der Waals surface area contributed by atoms with Gasteiger partial charge < -0.3 is 5.73 Å². The quantitative estimate of drug-likeness (QED) is 0.916. The first kappa shape index (κ1) is 13.8. The maximum Gasteiger partial charge on any atom is 0.0363 e. The van der Waals surface area contributed by atoms with Crippen LogP contribution in [0.15, 0.2) is 30.3 Å². The zero-order valence-electron chi connectivity index (χ0n) is 13.0. The Morgan fingerprint density at radius 2 is 1.67 bits per heavy atom. The summed E-state index contributed by atoms with van der Waals surface area (Å²) in [7, 11) is 0. The number of nitrogens with zero attached hydrogens (tertiary/aromatic N) is 1.